The lowest BCUT2D eigenvalue weighted by molar-refractivity contribution is -0.669. The summed E-state index contributed by atoms with van der Waals surface area (Å²) < 4.78 is 9.89. The summed E-state index contributed by atoms with van der Waals surface area (Å²) in [5.74, 6) is 2.52. The van der Waals surface area contributed by atoms with Crippen molar-refractivity contribution >= 4 is 0 Å². The van der Waals surface area contributed by atoms with Crippen LogP contribution in [0.2, 0.25) is 0 Å². The maximum Gasteiger partial charge on any atom is 0.213 e. The molecule has 0 saturated carbocycles. The van der Waals surface area contributed by atoms with E-state index >= 15 is 0 Å². The van der Waals surface area contributed by atoms with Crippen LogP contribution in [-0.4, -0.2) is 0 Å². The van der Waals surface area contributed by atoms with Crippen LogP contribution < -0.4 is 18.3 Å². The minimum Gasteiger partial charge on any atom is -0.197 e. The van der Waals surface area contributed by atoms with Gasteiger partial charge in [0.1, 0.15) is 28.2 Å². The fraction of sp³-hybridized carbons (Fsp3) is 0.200. The lowest BCUT2D eigenvalue weighted by Gasteiger charge is -2.40. The summed E-state index contributed by atoms with van der Waals surface area (Å²) in [7, 11) is 9.04. The number of hydrogen-bond acceptors (Lipinski definition) is 0. The Morgan fingerprint density at radius 1 is 0.168 bits per heavy atom. The van der Waals surface area contributed by atoms with E-state index in [1.165, 1.54) is 240 Å². The summed E-state index contributed by atoms with van der Waals surface area (Å²) in [6, 6.07) is 111. The van der Waals surface area contributed by atoms with Crippen molar-refractivity contribution < 1.29 is 18.3 Å². The van der Waals surface area contributed by atoms with Gasteiger partial charge in [-0.15, -0.1) is 0 Å². The minimum absolute atomic E-state index is 0.294. The Balaban J connectivity index is 0.0000000984. The molecular weight excluding hydrogens is 1440 g/mol. The van der Waals surface area contributed by atoms with Gasteiger partial charge < -0.3 is 0 Å². The maximum atomic E-state index is 2.49. The molecule has 12 aliphatic carbocycles. The summed E-state index contributed by atoms with van der Waals surface area (Å²) in [5.41, 5.74) is 60.9. The van der Waals surface area contributed by atoms with Gasteiger partial charge in [0.05, 0.1) is 23.7 Å². The fourth-order valence-corrected chi connectivity index (χ4v) is 23.5. The quantitative estimate of drug-likeness (QED) is 0.156. The lowest BCUT2D eigenvalue weighted by Crippen LogP contribution is -2.45. The molecule has 4 aromatic heterocycles. The van der Waals surface area contributed by atoms with Crippen molar-refractivity contribution in [1.29, 1.82) is 0 Å². The minimum atomic E-state index is 0.294. The van der Waals surface area contributed by atoms with Gasteiger partial charge in [-0.25, -0.2) is 0 Å². The lowest BCUT2D eigenvalue weighted by atomic mass is 9.61. The molecule has 12 aromatic carbocycles. The predicted octanol–water partition coefficient (Wildman–Crippen LogP) is 24.1. The molecule has 2 unspecified atom stereocenters. The van der Waals surface area contributed by atoms with Crippen LogP contribution in [-0.2, 0) is 28.2 Å². The number of benzene rings is 12. The predicted molar refractivity (Wildman–Crippen MR) is 483 cm³/mol. The number of hydrogen-bond donors (Lipinski definition) is 0. The van der Waals surface area contributed by atoms with E-state index in [2.05, 4.69) is 420 Å². The zero-order valence-electron chi connectivity index (χ0n) is 71.2. The van der Waals surface area contributed by atoms with Gasteiger partial charge in [0.25, 0.3) is 0 Å². The topological polar surface area (TPSA) is 15.5 Å². The first-order valence-electron chi connectivity index (χ1n) is 43.0. The summed E-state index contributed by atoms with van der Waals surface area (Å²) in [5, 5.41) is 0. The highest BCUT2D eigenvalue weighted by Crippen LogP contribution is 2.60. The normalized spacial score (nSPS) is 18.0. The van der Waals surface area contributed by atoms with Crippen LogP contribution in [0.4, 0.5) is 0 Å². The molecule has 578 valence electrons. The largest absolute Gasteiger partial charge is 0.213 e. The molecule has 4 heterocycles. The molecule has 0 fully saturated rings. The van der Waals surface area contributed by atoms with Gasteiger partial charge in [-0.3, -0.25) is 0 Å². The summed E-state index contributed by atoms with van der Waals surface area (Å²) in [6.45, 7) is 24.6. The van der Waals surface area contributed by atoms with Crippen LogP contribution in [0.5, 0.6) is 0 Å². The number of aromatic nitrogens is 4. The van der Waals surface area contributed by atoms with Gasteiger partial charge in [-0.1, -0.05) is 253 Å². The van der Waals surface area contributed by atoms with Crippen molar-refractivity contribution in [2.24, 2.45) is 28.2 Å². The molecule has 0 radical (unpaired) electrons. The van der Waals surface area contributed by atoms with Gasteiger partial charge >= 0.3 is 0 Å². The van der Waals surface area contributed by atoms with E-state index in [-0.39, 0.29) is 0 Å². The molecule has 119 heavy (non-hydrogen) atoms. The van der Waals surface area contributed by atoms with E-state index in [0.717, 1.165) is 0 Å². The SMILES string of the molecule is Cc1cc(C)c(C)c(-c2cc(C)c3c([n+]2C)C2c4ccccc4C3c3ccccc32)c1.Cc1cc(C)c(C)c(-c2ccc3c([n+]2C)C2c4ccccc4C3c3ccccc32)c1.Cc1ccc2c(c1)C1c3ccccc3C2c2ccc(-c3ccccc3C)[n+](C)c21.Cc1ccccc1-c1cc(C)c2c([n+]1C)C1c3ccccc3C2c2ccccc21. The molecule has 16 aromatic rings. The smallest absolute Gasteiger partial charge is 0.197 e. The zero-order chi connectivity index (χ0) is 81.4. The van der Waals surface area contributed by atoms with Gasteiger partial charge in [0.15, 0.2) is 22.8 Å². The Morgan fingerprint density at radius 2 is 0.429 bits per heavy atom. The number of rotatable bonds is 4. The first-order valence-corrected chi connectivity index (χ1v) is 43.0. The van der Waals surface area contributed by atoms with E-state index in [1.54, 1.807) is 0 Å². The Kier molecular flexibility index (Phi) is 17.5. The zero-order valence-corrected chi connectivity index (χ0v) is 71.2. The highest BCUT2D eigenvalue weighted by molar-refractivity contribution is 5.76. The van der Waals surface area contributed by atoms with Crippen molar-refractivity contribution in [3.05, 3.63) is 492 Å². The van der Waals surface area contributed by atoms with Crippen molar-refractivity contribution in [2.75, 3.05) is 0 Å². The van der Waals surface area contributed by atoms with Crippen LogP contribution in [0, 0.1) is 76.2 Å². The highest BCUT2D eigenvalue weighted by atomic mass is 15.0. The van der Waals surface area contributed by atoms with Crippen LogP contribution in [0.15, 0.2) is 297 Å². The van der Waals surface area contributed by atoms with Crippen molar-refractivity contribution in [2.45, 2.75) is 124 Å². The van der Waals surface area contributed by atoms with Crippen LogP contribution in [0.1, 0.15) is 243 Å². The second kappa shape index (κ2) is 28.2. The monoisotopic (exact) mass is 1540 g/mol. The second-order valence-electron chi connectivity index (χ2n) is 35.5. The highest BCUT2D eigenvalue weighted by Gasteiger charge is 2.52. The Morgan fingerprint density at radius 3 is 0.790 bits per heavy atom. The average Bonchev–Trinajstić information content (AvgIpc) is 0.701. The molecule has 8 bridgehead atoms. The Bertz CT molecular complexity index is 6850. The Hall–Kier alpha value is -12.8. The van der Waals surface area contributed by atoms with E-state index in [4.69, 9.17) is 0 Å². The van der Waals surface area contributed by atoms with Crippen molar-refractivity contribution in [3.63, 3.8) is 0 Å². The number of aryl methyl sites for hydroxylation is 9. The molecule has 0 amide bonds. The summed E-state index contributed by atoms with van der Waals surface area (Å²) in [4.78, 5) is 0. The molecule has 4 heteroatoms. The summed E-state index contributed by atoms with van der Waals surface area (Å²) >= 11 is 0. The third-order valence-electron chi connectivity index (χ3n) is 28.9. The third kappa shape index (κ3) is 11.1. The van der Waals surface area contributed by atoms with Gasteiger partial charge in [0, 0.05) is 92.4 Å². The van der Waals surface area contributed by atoms with Gasteiger partial charge in [-0.05, 0) is 246 Å². The molecule has 0 spiro atoms. The molecule has 0 saturated heterocycles. The molecule has 2 atom stereocenters. The number of nitrogens with zero attached hydrogens (tertiary/aromatic N) is 4. The van der Waals surface area contributed by atoms with Crippen LogP contribution in [0.25, 0.3) is 45.0 Å². The van der Waals surface area contributed by atoms with E-state index in [9.17, 15) is 0 Å². The van der Waals surface area contributed by atoms with E-state index in [0.29, 0.717) is 47.3 Å². The molecular formula is C115H102N4+4. The van der Waals surface area contributed by atoms with Crippen molar-refractivity contribution in [3.8, 4) is 45.0 Å². The first kappa shape index (κ1) is 73.8. The van der Waals surface area contributed by atoms with E-state index in [1.807, 2.05) is 0 Å². The molecule has 0 N–H and O–H groups in total. The maximum absolute atomic E-state index is 2.49. The van der Waals surface area contributed by atoms with Crippen LogP contribution >= 0.6 is 0 Å². The third-order valence-corrected chi connectivity index (χ3v) is 28.9. The average molecular weight is 1540 g/mol. The molecule has 4 nitrogen and oxygen atoms in total. The molecule has 28 rings (SSSR count). The van der Waals surface area contributed by atoms with E-state index < -0.39 is 0 Å². The first-order chi connectivity index (χ1) is 57.8. The summed E-state index contributed by atoms with van der Waals surface area (Å²) in [6.07, 6.45) is 0. The standard InChI is InChI=1S/C30H28N.C29H26N.2C28H24N/c1-17-14-18(2)20(4)25(15-17)26-16-19(3)27-28-21-10-6-8-12-23(21)29(30(27)31(26)5)24-13-9-7-11-22(24)28;1-17-15-18(2)19(3)25(16-17)26-14-13-24-27-20-9-5-7-11-22(20)28(29(24)30(26)4)23-12-8-6-10-21(23)27;1-17-10-4-5-11-19(17)24-16-18(2)25-26-20-12-6-8-14-22(20)27(28(25)29(24)3)23-15-9-7-13-21(23)26;1-17-12-13-22-24(16-17)27-21-11-7-6-10-20(21)26(22)23-14-15-25(29(3)28(23)27)19-9-5-4-8-18(19)2/h6-16,28-29H,1-5H3;5-16,27-28H,1-4H3;2*4-16,26-27H,1-3H3/q4*+1. The fourth-order valence-electron chi connectivity index (χ4n) is 23.5. The Labute approximate surface area is 702 Å². The second-order valence-corrected chi connectivity index (χ2v) is 35.5. The molecule has 0 aliphatic heterocycles. The number of pyridine rings is 4. The van der Waals surface area contributed by atoms with Crippen molar-refractivity contribution in [1.82, 2.24) is 0 Å². The van der Waals surface area contributed by atoms with Gasteiger partial charge in [0.2, 0.25) is 22.8 Å². The van der Waals surface area contributed by atoms with Crippen LogP contribution in [0.3, 0.4) is 0 Å². The van der Waals surface area contributed by atoms with Gasteiger partial charge in [-0.2, -0.15) is 18.3 Å². The molecule has 12 aliphatic rings.